The SMILES string of the molecule is CCCCCCCCCCCCCCCCCCCCCC(=O)O[C@H](COC(=O)CCCCCCCCCCCCCCCCCCC)COP(=O)(O)OC[C@@H](O)COP(=O)(O)OC[C@@H](COC(=O)CCCCCCCCCC)OC(=O)CCCCCCCCCC(C)C. The van der Waals surface area contributed by atoms with Crippen LogP contribution in [0.1, 0.15) is 394 Å². The summed E-state index contributed by atoms with van der Waals surface area (Å²) in [5.41, 5.74) is 0. The van der Waals surface area contributed by atoms with Gasteiger partial charge in [-0.15, -0.1) is 0 Å². The van der Waals surface area contributed by atoms with Crippen molar-refractivity contribution in [3.8, 4) is 0 Å². The fourth-order valence-electron chi connectivity index (χ4n) is 11.5. The van der Waals surface area contributed by atoms with Crippen molar-refractivity contribution < 1.29 is 80.2 Å². The molecule has 2 unspecified atom stereocenters. The fraction of sp³-hybridized carbons (Fsp3) is 0.947. The molecule has 0 aliphatic rings. The number of rotatable bonds is 75. The molecule has 0 rings (SSSR count). The van der Waals surface area contributed by atoms with Crippen LogP contribution in [0.25, 0.3) is 0 Å². The lowest BCUT2D eigenvalue weighted by molar-refractivity contribution is -0.161. The molecule has 17 nitrogen and oxygen atoms in total. The minimum Gasteiger partial charge on any atom is -0.462 e. The summed E-state index contributed by atoms with van der Waals surface area (Å²) in [5, 5.41) is 10.6. The van der Waals surface area contributed by atoms with Gasteiger partial charge in [0.25, 0.3) is 0 Å². The van der Waals surface area contributed by atoms with Crippen LogP contribution in [0.3, 0.4) is 0 Å². The number of hydrogen-bond acceptors (Lipinski definition) is 15. The average Bonchev–Trinajstić information content (AvgIpc) is 3.22. The number of esters is 4. The molecule has 0 aliphatic heterocycles. The number of aliphatic hydroxyl groups excluding tert-OH is 1. The van der Waals surface area contributed by atoms with Crippen LogP contribution in [0.4, 0.5) is 0 Å². The molecule has 0 radical (unpaired) electrons. The third-order valence-corrected chi connectivity index (χ3v) is 19.4. The van der Waals surface area contributed by atoms with E-state index >= 15 is 0 Å². The first-order valence-electron chi connectivity index (χ1n) is 39.1. The van der Waals surface area contributed by atoms with Gasteiger partial charge in [-0.1, -0.05) is 343 Å². The van der Waals surface area contributed by atoms with Crippen molar-refractivity contribution in [1.29, 1.82) is 0 Å². The Balaban J connectivity index is 5.18. The van der Waals surface area contributed by atoms with Crippen molar-refractivity contribution >= 4 is 39.5 Å². The molecule has 0 bridgehead atoms. The molecule has 94 heavy (non-hydrogen) atoms. The second-order valence-corrected chi connectivity index (χ2v) is 30.4. The third kappa shape index (κ3) is 68.6. The minimum atomic E-state index is -4.96. The molecule has 0 aromatic rings. The molecule has 0 aliphatic carbocycles. The molecule has 0 spiro atoms. The van der Waals surface area contributed by atoms with E-state index < -0.39 is 97.5 Å². The summed E-state index contributed by atoms with van der Waals surface area (Å²) in [6.45, 7) is 7.19. The average molecular weight is 1380 g/mol. The lowest BCUT2D eigenvalue weighted by atomic mass is 10.0. The highest BCUT2D eigenvalue weighted by molar-refractivity contribution is 7.47. The Morgan fingerprint density at radius 3 is 0.723 bits per heavy atom. The van der Waals surface area contributed by atoms with E-state index in [1.807, 2.05) is 0 Å². The standard InChI is InChI=1S/C75H146O17P2/c1-6-9-12-15-18-21-23-25-27-29-30-32-34-36-38-40-45-50-55-60-74(79)91-70(65-86-73(78)59-54-49-44-39-37-35-33-31-28-26-24-22-19-16-13-10-7-2)66-89-93(81,82)87-62-69(76)63-88-94(83,84)90-67-71(64-85-72(77)58-53-48-43-20-17-14-11-8-3)92-75(80)61-56-51-46-41-42-47-52-57-68(4)5/h68-71,76H,6-67H2,1-5H3,(H,81,82)(H,83,84)/t69-,70-,71-/m1/s1. The molecule has 5 atom stereocenters. The van der Waals surface area contributed by atoms with Crippen molar-refractivity contribution in [2.24, 2.45) is 5.92 Å². The van der Waals surface area contributed by atoms with Crippen LogP contribution in [0, 0.1) is 5.92 Å². The number of phosphoric acid groups is 2. The van der Waals surface area contributed by atoms with E-state index in [2.05, 4.69) is 34.6 Å². The number of hydrogen-bond donors (Lipinski definition) is 3. The smallest absolute Gasteiger partial charge is 0.462 e. The van der Waals surface area contributed by atoms with Gasteiger partial charge in [0.05, 0.1) is 26.4 Å². The van der Waals surface area contributed by atoms with Gasteiger partial charge in [-0.05, 0) is 31.6 Å². The summed E-state index contributed by atoms with van der Waals surface area (Å²) in [4.78, 5) is 72.6. The van der Waals surface area contributed by atoms with Crippen LogP contribution >= 0.6 is 15.6 Å². The molecule has 19 heteroatoms. The van der Waals surface area contributed by atoms with Crippen LogP contribution < -0.4 is 0 Å². The topological polar surface area (TPSA) is 237 Å². The summed E-state index contributed by atoms with van der Waals surface area (Å²) in [6, 6.07) is 0. The molecule has 0 heterocycles. The van der Waals surface area contributed by atoms with Crippen LogP contribution in [-0.2, 0) is 65.4 Å². The predicted molar refractivity (Wildman–Crippen MR) is 382 cm³/mol. The highest BCUT2D eigenvalue weighted by Gasteiger charge is 2.30. The molecule has 3 N–H and O–H groups in total. The summed E-state index contributed by atoms with van der Waals surface area (Å²) in [5.74, 6) is -1.42. The van der Waals surface area contributed by atoms with Crippen molar-refractivity contribution in [3.05, 3.63) is 0 Å². The van der Waals surface area contributed by atoms with E-state index in [1.165, 1.54) is 212 Å². The van der Waals surface area contributed by atoms with Gasteiger partial charge in [0, 0.05) is 25.7 Å². The molecule has 0 aromatic carbocycles. The largest absolute Gasteiger partial charge is 0.472 e. The molecule has 0 saturated heterocycles. The van der Waals surface area contributed by atoms with Gasteiger partial charge >= 0.3 is 39.5 Å². The number of aliphatic hydroxyl groups is 1. The van der Waals surface area contributed by atoms with Crippen LogP contribution in [0.5, 0.6) is 0 Å². The highest BCUT2D eigenvalue weighted by Crippen LogP contribution is 2.45. The van der Waals surface area contributed by atoms with Gasteiger partial charge in [-0.3, -0.25) is 37.3 Å². The number of carbonyl (C=O) groups is 4. The summed E-state index contributed by atoms with van der Waals surface area (Å²) >= 11 is 0. The Hall–Kier alpha value is -1.94. The van der Waals surface area contributed by atoms with E-state index in [0.717, 1.165) is 96.3 Å². The monoisotopic (exact) mass is 1380 g/mol. The maximum absolute atomic E-state index is 13.1. The van der Waals surface area contributed by atoms with E-state index in [1.54, 1.807) is 0 Å². The fourth-order valence-corrected chi connectivity index (χ4v) is 13.1. The lowest BCUT2D eigenvalue weighted by Crippen LogP contribution is -2.30. The first-order valence-corrected chi connectivity index (χ1v) is 42.1. The maximum atomic E-state index is 13.1. The van der Waals surface area contributed by atoms with Gasteiger partial charge in [0.2, 0.25) is 0 Å². The Labute approximate surface area is 575 Å². The van der Waals surface area contributed by atoms with Gasteiger partial charge < -0.3 is 33.8 Å². The number of carbonyl (C=O) groups excluding carboxylic acids is 4. The third-order valence-electron chi connectivity index (χ3n) is 17.5. The maximum Gasteiger partial charge on any atom is 0.472 e. The number of unbranched alkanes of at least 4 members (excludes halogenated alkanes) is 47. The van der Waals surface area contributed by atoms with E-state index in [0.29, 0.717) is 31.6 Å². The second-order valence-electron chi connectivity index (χ2n) is 27.5. The lowest BCUT2D eigenvalue weighted by Gasteiger charge is -2.21. The van der Waals surface area contributed by atoms with E-state index in [4.69, 9.17) is 37.0 Å². The summed E-state index contributed by atoms with van der Waals surface area (Å²) < 4.78 is 68.4. The van der Waals surface area contributed by atoms with E-state index in [9.17, 15) is 43.2 Å². The Morgan fingerprint density at radius 2 is 0.489 bits per heavy atom. The zero-order valence-electron chi connectivity index (χ0n) is 61.1. The number of ether oxygens (including phenoxy) is 4. The minimum absolute atomic E-state index is 0.104. The molecular weight excluding hydrogens is 1230 g/mol. The first kappa shape index (κ1) is 92.1. The van der Waals surface area contributed by atoms with Crippen molar-refractivity contribution in [2.45, 2.75) is 412 Å². The van der Waals surface area contributed by atoms with Crippen LogP contribution in [0.15, 0.2) is 0 Å². The number of phosphoric ester groups is 2. The zero-order chi connectivity index (χ0) is 69.1. The summed E-state index contributed by atoms with van der Waals surface area (Å²) in [7, 11) is -9.90. The Kier molecular flexibility index (Phi) is 66.8. The Morgan fingerprint density at radius 1 is 0.287 bits per heavy atom. The van der Waals surface area contributed by atoms with Crippen LogP contribution in [-0.4, -0.2) is 96.7 Å². The van der Waals surface area contributed by atoms with Gasteiger partial charge in [-0.25, -0.2) is 9.13 Å². The molecule has 0 saturated carbocycles. The second kappa shape index (κ2) is 68.2. The van der Waals surface area contributed by atoms with Crippen molar-refractivity contribution in [3.63, 3.8) is 0 Å². The first-order chi connectivity index (χ1) is 45.5. The van der Waals surface area contributed by atoms with Gasteiger partial charge in [0.15, 0.2) is 12.2 Å². The molecule has 558 valence electrons. The van der Waals surface area contributed by atoms with Gasteiger partial charge in [-0.2, -0.15) is 0 Å². The normalized spacial score (nSPS) is 14.0. The molecular formula is C75H146O17P2. The Bertz CT molecular complexity index is 1810. The molecule has 0 aromatic heterocycles. The zero-order valence-corrected chi connectivity index (χ0v) is 62.9. The summed E-state index contributed by atoms with van der Waals surface area (Å²) in [6.07, 6.45) is 57.2. The van der Waals surface area contributed by atoms with E-state index in [-0.39, 0.29) is 25.7 Å². The molecule has 0 amide bonds. The van der Waals surface area contributed by atoms with Crippen LogP contribution in [0.2, 0.25) is 0 Å². The molecule has 0 fully saturated rings. The van der Waals surface area contributed by atoms with Crippen molar-refractivity contribution in [1.82, 2.24) is 0 Å². The highest BCUT2D eigenvalue weighted by atomic mass is 31.2. The predicted octanol–water partition coefficient (Wildman–Crippen LogP) is 22.1. The van der Waals surface area contributed by atoms with Gasteiger partial charge in [0.1, 0.15) is 19.3 Å². The van der Waals surface area contributed by atoms with Crippen molar-refractivity contribution in [2.75, 3.05) is 39.6 Å². The quantitative estimate of drug-likeness (QED) is 0.0222.